The number of carbonyl (C=O) groups excluding carboxylic acids is 3. The number of fused-ring (bicyclic) bond motifs is 2. The van der Waals surface area contributed by atoms with E-state index in [9.17, 15) is 24.6 Å². The smallest absolute Gasteiger partial charge is 0.411 e. The van der Waals surface area contributed by atoms with Gasteiger partial charge < -0.3 is 44.9 Å². The summed E-state index contributed by atoms with van der Waals surface area (Å²) in [6, 6.07) is 29.8. The molecule has 13 nitrogen and oxygen atoms in total. The molecular formula is C50H61N5O8. The first-order valence-electron chi connectivity index (χ1n) is 22.7. The monoisotopic (exact) mass is 859 g/mol. The van der Waals surface area contributed by atoms with Crippen LogP contribution in [0.3, 0.4) is 0 Å². The van der Waals surface area contributed by atoms with Gasteiger partial charge in [0.15, 0.2) is 12.4 Å². The number of likely N-dealkylation sites (tertiary alicyclic amines) is 1. The number of phenols is 1. The number of ether oxygens (including phenoxy) is 3. The first kappa shape index (κ1) is 44.1. The molecule has 2 aliphatic carbocycles. The molecule has 4 aromatic carbocycles. The Morgan fingerprint density at radius 3 is 2.44 bits per heavy atom. The number of nitrogens with zero attached hydrogens (tertiary/aromatic N) is 2. The zero-order valence-electron chi connectivity index (χ0n) is 36.0. The standard InChI is InChI=1S/C50H61N5O8/c56-44-18-17-42(49-48(44)53-46(58)33-62-49)45(57)30-51-22-24-55(39-13-4-5-14-39)47(59)21-26-61-25-20-35-10-8-9-34(27-35)19-23-54-31-37-28-40(29-38(37)32-54)63-50(60)52-43-16-7-6-15-41(43)36-11-2-1-3-12-36/h1-3,6-12,15-18,27,37-40,45,51,56-57H,4-5,13-14,19-26,28-33H2,(H,52,60)(H,53,58)/t37?,38?,40?,45-/m0/s1. The number of hydrogen-bond acceptors (Lipinski definition) is 10. The molecule has 3 fully saturated rings. The molecular weight excluding hydrogens is 799 g/mol. The van der Waals surface area contributed by atoms with Crippen molar-refractivity contribution in [3.8, 4) is 22.6 Å². The molecule has 0 aromatic heterocycles. The Morgan fingerprint density at radius 1 is 0.905 bits per heavy atom. The fraction of sp³-hybridized carbons (Fsp3) is 0.460. The van der Waals surface area contributed by atoms with E-state index in [4.69, 9.17) is 14.2 Å². The first-order valence-corrected chi connectivity index (χ1v) is 22.7. The van der Waals surface area contributed by atoms with Crippen LogP contribution in [0.25, 0.3) is 11.1 Å². The van der Waals surface area contributed by atoms with Gasteiger partial charge in [-0.25, -0.2) is 4.79 Å². The van der Waals surface area contributed by atoms with E-state index in [1.54, 1.807) is 6.07 Å². The molecule has 4 aliphatic rings. The molecule has 0 radical (unpaired) electrons. The Labute approximate surface area is 370 Å². The lowest BCUT2D eigenvalue weighted by Gasteiger charge is -2.29. The minimum Gasteiger partial charge on any atom is -0.506 e. The van der Waals surface area contributed by atoms with Crippen LogP contribution in [0.15, 0.2) is 91.0 Å². The van der Waals surface area contributed by atoms with Gasteiger partial charge in [0.1, 0.15) is 17.5 Å². The van der Waals surface area contributed by atoms with E-state index < -0.39 is 6.10 Å². The fourth-order valence-corrected chi connectivity index (χ4v) is 9.91. The summed E-state index contributed by atoms with van der Waals surface area (Å²) in [4.78, 5) is 42.7. The van der Waals surface area contributed by atoms with Crippen molar-refractivity contribution in [3.63, 3.8) is 0 Å². The molecule has 3 amide bonds. The number of aliphatic hydroxyl groups is 1. The molecule has 2 saturated carbocycles. The minimum atomic E-state index is -0.932. The van der Waals surface area contributed by atoms with E-state index in [2.05, 4.69) is 45.1 Å². The highest BCUT2D eigenvalue weighted by atomic mass is 16.6. The number of benzene rings is 4. The van der Waals surface area contributed by atoms with Crippen LogP contribution in [0, 0.1) is 11.8 Å². The highest BCUT2D eigenvalue weighted by Gasteiger charge is 2.42. The van der Waals surface area contributed by atoms with Crippen LogP contribution >= 0.6 is 0 Å². The van der Waals surface area contributed by atoms with Crippen LogP contribution in [0.5, 0.6) is 11.5 Å². The third-order valence-corrected chi connectivity index (χ3v) is 13.1. The van der Waals surface area contributed by atoms with Crippen molar-refractivity contribution in [1.29, 1.82) is 0 Å². The number of amides is 3. The number of anilines is 2. The Kier molecular flexibility index (Phi) is 14.9. The van der Waals surface area contributed by atoms with Crippen LogP contribution in [0.2, 0.25) is 0 Å². The molecule has 2 aliphatic heterocycles. The van der Waals surface area contributed by atoms with Crippen molar-refractivity contribution in [3.05, 3.63) is 108 Å². The molecule has 2 unspecified atom stereocenters. The van der Waals surface area contributed by atoms with E-state index in [1.165, 1.54) is 17.2 Å². The van der Waals surface area contributed by atoms with E-state index in [0.717, 1.165) is 87.8 Å². The SMILES string of the molecule is O=C1COc2c([C@@H](O)CNCCN(C(=O)CCOCCc3cccc(CCN4CC5CC(OC(=O)Nc6ccccc6-c6ccccc6)CC5C4)c3)C3CCCC3)ccc(O)c2N1. The predicted molar refractivity (Wildman–Crippen MR) is 242 cm³/mol. The van der Waals surface area contributed by atoms with Crippen molar-refractivity contribution in [1.82, 2.24) is 15.1 Å². The molecule has 1 saturated heterocycles. The van der Waals surface area contributed by atoms with Gasteiger partial charge in [-0.1, -0.05) is 85.6 Å². The van der Waals surface area contributed by atoms with Crippen LogP contribution in [-0.4, -0.2) is 109 Å². The van der Waals surface area contributed by atoms with E-state index in [1.807, 2.05) is 59.5 Å². The van der Waals surface area contributed by atoms with E-state index in [-0.39, 0.29) is 60.4 Å². The molecule has 5 N–H and O–H groups in total. The van der Waals surface area contributed by atoms with Gasteiger partial charge in [-0.15, -0.1) is 0 Å². The molecule has 63 heavy (non-hydrogen) atoms. The Hall–Kier alpha value is -5.47. The van der Waals surface area contributed by atoms with E-state index >= 15 is 0 Å². The van der Waals surface area contributed by atoms with Crippen molar-refractivity contribution in [2.24, 2.45) is 11.8 Å². The molecule has 2 heterocycles. The van der Waals surface area contributed by atoms with Crippen molar-refractivity contribution < 1.29 is 38.8 Å². The number of carbonyl (C=O) groups is 3. The second-order valence-electron chi connectivity index (χ2n) is 17.5. The highest BCUT2D eigenvalue weighted by Crippen LogP contribution is 2.42. The number of phenolic OH excluding ortho intramolecular Hbond substituents is 1. The normalized spacial score (nSPS) is 20.1. The second kappa shape index (κ2) is 21.3. The molecule has 4 aromatic rings. The lowest BCUT2D eigenvalue weighted by Crippen LogP contribution is -2.43. The van der Waals surface area contributed by atoms with Gasteiger partial charge in [0, 0.05) is 56.4 Å². The maximum absolute atomic E-state index is 13.5. The lowest BCUT2D eigenvalue weighted by molar-refractivity contribution is -0.134. The number of para-hydroxylation sites is 1. The molecule has 334 valence electrons. The van der Waals surface area contributed by atoms with Crippen molar-refractivity contribution in [2.45, 2.75) is 76.0 Å². The summed E-state index contributed by atoms with van der Waals surface area (Å²) in [6.45, 7) is 5.06. The maximum Gasteiger partial charge on any atom is 0.411 e. The summed E-state index contributed by atoms with van der Waals surface area (Å²) in [5.74, 6) is 0.965. The number of aliphatic hydroxyl groups excluding tert-OH is 1. The summed E-state index contributed by atoms with van der Waals surface area (Å²) in [5.41, 5.74) is 5.96. The third-order valence-electron chi connectivity index (χ3n) is 13.1. The van der Waals surface area contributed by atoms with Gasteiger partial charge >= 0.3 is 6.09 Å². The first-order chi connectivity index (χ1) is 30.8. The number of hydrogen-bond donors (Lipinski definition) is 5. The van der Waals surface area contributed by atoms with Crippen LogP contribution in [0.4, 0.5) is 16.2 Å². The number of aromatic hydroxyl groups is 1. The largest absolute Gasteiger partial charge is 0.506 e. The summed E-state index contributed by atoms with van der Waals surface area (Å²) in [5, 5.41) is 29.9. The van der Waals surface area contributed by atoms with Crippen LogP contribution in [0.1, 0.15) is 67.7 Å². The maximum atomic E-state index is 13.5. The average molecular weight is 860 g/mol. The predicted octanol–water partition coefficient (Wildman–Crippen LogP) is 6.94. The van der Waals surface area contributed by atoms with Crippen molar-refractivity contribution >= 4 is 29.3 Å². The van der Waals surface area contributed by atoms with Crippen molar-refractivity contribution in [2.75, 3.05) is 69.7 Å². The molecule has 8 rings (SSSR count). The summed E-state index contributed by atoms with van der Waals surface area (Å²) < 4.78 is 17.5. The molecule has 0 spiro atoms. The Bertz CT molecular complexity index is 2170. The molecule has 13 heteroatoms. The Morgan fingerprint density at radius 2 is 1.65 bits per heavy atom. The average Bonchev–Trinajstić information content (AvgIpc) is 4.05. The third kappa shape index (κ3) is 11.6. The Balaban J connectivity index is 0.714. The van der Waals surface area contributed by atoms with E-state index in [0.29, 0.717) is 50.1 Å². The highest BCUT2D eigenvalue weighted by molar-refractivity contribution is 5.97. The summed E-state index contributed by atoms with van der Waals surface area (Å²) >= 11 is 0. The molecule has 3 atom stereocenters. The van der Waals surface area contributed by atoms with Gasteiger partial charge in [0.25, 0.3) is 5.91 Å². The van der Waals surface area contributed by atoms with Gasteiger partial charge in [-0.3, -0.25) is 14.9 Å². The summed E-state index contributed by atoms with van der Waals surface area (Å²) in [6.07, 6.45) is 6.73. The number of nitrogens with one attached hydrogen (secondary N) is 3. The minimum absolute atomic E-state index is 0.0570. The second-order valence-corrected chi connectivity index (χ2v) is 17.5. The summed E-state index contributed by atoms with van der Waals surface area (Å²) in [7, 11) is 0. The molecule has 0 bridgehead atoms. The number of rotatable bonds is 19. The van der Waals surface area contributed by atoms with Gasteiger partial charge in [-0.05, 0) is 85.3 Å². The van der Waals surface area contributed by atoms with Gasteiger partial charge in [0.05, 0.1) is 31.4 Å². The fourth-order valence-electron chi connectivity index (χ4n) is 9.91. The van der Waals surface area contributed by atoms with Gasteiger partial charge in [-0.2, -0.15) is 0 Å². The lowest BCUT2D eigenvalue weighted by atomic mass is 10.0. The topological polar surface area (TPSA) is 162 Å². The van der Waals surface area contributed by atoms with Gasteiger partial charge in [0.2, 0.25) is 5.91 Å². The zero-order valence-corrected chi connectivity index (χ0v) is 36.0. The quantitative estimate of drug-likeness (QED) is 0.0494. The van der Waals surface area contributed by atoms with Crippen LogP contribution < -0.4 is 20.7 Å². The van der Waals surface area contributed by atoms with Crippen LogP contribution in [-0.2, 0) is 31.9 Å². The zero-order chi connectivity index (χ0) is 43.5.